The highest BCUT2D eigenvalue weighted by Crippen LogP contribution is 2.33. The van der Waals surface area contributed by atoms with E-state index >= 15 is 0 Å². The van der Waals surface area contributed by atoms with E-state index in [1.165, 1.54) is 12.3 Å². The minimum absolute atomic E-state index is 0.0397. The Balaban J connectivity index is 2.29. The molecule has 6 heteroatoms. The van der Waals surface area contributed by atoms with E-state index in [1.807, 2.05) is 6.92 Å². The van der Waals surface area contributed by atoms with Crippen molar-refractivity contribution in [1.82, 2.24) is 9.71 Å². The fourth-order valence-corrected chi connectivity index (χ4v) is 3.37. The Morgan fingerprint density at radius 1 is 1.50 bits per heavy atom. The number of aromatic nitrogens is 1. The van der Waals surface area contributed by atoms with E-state index in [0.717, 1.165) is 19.3 Å². The zero-order valence-corrected chi connectivity index (χ0v) is 9.92. The lowest BCUT2D eigenvalue weighted by Gasteiger charge is -2.38. The van der Waals surface area contributed by atoms with Crippen LogP contribution in [-0.2, 0) is 10.0 Å². The average Bonchev–Trinajstić information content (AvgIpc) is 2.15. The predicted molar refractivity (Wildman–Crippen MR) is 61.2 cm³/mol. The zero-order chi connectivity index (χ0) is 11.8. The van der Waals surface area contributed by atoms with Crippen LogP contribution in [0.15, 0.2) is 23.2 Å². The Hall–Kier alpha value is -1.14. The number of nitrogens with one attached hydrogen (secondary N) is 1. The van der Waals surface area contributed by atoms with Crippen molar-refractivity contribution in [3.05, 3.63) is 18.3 Å². The number of sulfonamides is 1. The number of nitrogens with zero attached hydrogens (tertiary/aromatic N) is 1. The van der Waals surface area contributed by atoms with E-state index in [4.69, 9.17) is 5.73 Å². The number of hydrogen-bond donors (Lipinski definition) is 2. The quantitative estimate of drug-likeness (QED) is 0.822. The van der Waals surface area contributed by atoms with Crippen molar-refractivity contribution in [3.63, 3.8) is 0 Å². The topological polar surface area (TPSA) is 85.1 Å². The summed E-state index contributed by atoms with van der Waals surface area (Å²) in [7, 11) is -3.55. The smallest absolute Gasteiger partial charge is 0.244 e. The Morgan fingerprint density at radius 2 is 2.19 bits per heavy atom. The molecule has 0 unspecified atom stereocenters. The van der Waals surface area contributed by atoms with Crippen LogP contribution in [0.4, 0.5) is 5.82 Å². The maximum absolute atomic E-state index is 12.0. The molecule has 0 aliphatic heterocycles. The highest BCUT2D eigenvalue weighted by molar-refractivity contribution is 7.89. The Bertz CT molecular complexity index is 495. The first-order valence-corrected chi connectivity index (χ1v) is 6.66. The first kappa shape index (κ1) is 11.3. The standard InChI is InChI=1S/C10H15N3O2S/c1-10(5-3-6-10)13-16(14,15)8-4-2-7-12-9(8)11/h2,4,7,13H,3,5-6H2,1H3,(H2,11,12). The highest BCUT2D eigenvalue weighted by Gasteiger charge is 2.36. The van der Waals surface area contributed by atoms with E-state index < -0.39 is 10.0 Å². The zero-order valence-electron chi connectivity index (χ0n) is 9.10. The minimum Gasteiger partial charge on any atom is -0.383 e. The van der Waals surface area contributed by atoms with Gasteiger partial charge in [0, 0.05) is 11.7 Å². The van der Waals surface area contributed by atoms with Crippen LogP contribution < -0.4 is 10.5 Å². The summed E-state index contributed by atoms with van der Waals surface area (Å²) in [6.07, 6.45) is 4.26. The van der Waals surface area contributed by atoms with Crippen LogP contribution in [0.5, 0.6) is 0 Å². The first-order chi connectivity index (χ1) is 7.43. The molecule has 0 saturated heterocycles. The Labute approximate surface area is 95.1 Å². The lowest BCUT2D eigenvalue weighted by atomic mass is 9.80. The second kappa shape index (κ2) is 3.71. The van der Waals surface area contributed by atoms with Gasteiger partial charge in [0.2, 0.25) is 10.0 Å². The van der Waals surface area contributed by atoms with Crippen molar-refractivity contribution in [2.75, 3.05) is 5.73 Å². The molecule has 1 heterocycles. The van der Waals surface area contributed by atoms with Gasteiger partial charge in [-0.3, -0.25) is 0 Å². The van der Waals surface area contributed by atoms with Gasteiger partial charge < -0.3 is 5.73 Å². The number of pyridine rings is 1. The van der Waals surface area contributed by atoms with Crippen molar-refractivity contribution < 1.29 is 8.42 Å². The molecule has 0 radical (unpaired) electrons. The van der Waals surface area contributed by atoms with Crippen molar-refractivity contribution in [2.45, 2.75) is 36.6 Å². The van der Waals surface area contributed by atoms with Crippen molar-refractivity contribution in [3.8, 4) is 0 Å². The normalized spacial score (nSPS) is 19.1. The second-order valence-corrected chi connectivity index (χ2v) is 6.06. The summed E-state index contributed by atoms with van der Waals surface area (Å²) < 4.78 is 26.7. The van der Waals surface area contributed by atoms with Crippen LogP contribution in [0.1, 0.15) is 26.2 Å². The summed E-state index contributed by atoms with van der Waals surface area (Å²) in [4.78, 5) is 3.84. The third kappa shape index (κ3) is 2.03. The van der Waals surface area contributed by atoms with Crippen LogP contribution in [0, 0.1) is 0 Å². The fourth-order valence-electron chi connectivity index (χ4n) is 1.82. The molecule has 2 rings (SSSR count). The van der Waals surface area contributed by atoms with Gasteiger partial charge in [0.1, 0.15) is 10.7 Å². The van der Waals surface area contributed by atoms with Gasteiger partial charge in [0.05, 0.1) is 0 Å². The molecule has 1 saturated carbocycles. The lowest BCUT2D eigenvalue weighted by molar-refractivity contribution is 0.248. The SMILES string of the molecule is CC1(NS(=O)(=O)c2cccnc2N)CCC1. The van der Waals surface area contributed by atoms with Crippen molar-refractivity contribution in [2.24, 2.45) is 0 Å². The minimum atomic E-state index is -3.55. The first-order valence-electron chi connectivity index (χ1n) is 5.17. The molecule has 5 nitrogen and oxygen atoms in total. The van der Waals surface area contributed by atoms with Gasteiger partial charge >= 0.3 is 0 Å². The molecular formula is C10H15N3O2S. The average molecular weight is 241 g/mol. The predicted octanol–water partition coefficient (Wildman–Crippen LogP) is 0.885. The third-order valence-corrected chi connectivity index (χ3v) is 4.61. The van der Waals surface area contributed by atoms with E-state index in [-0.39, 0.29) is 16.3 Å². The highest BCUT2D eigenvalue weighted by atomic mass is 32.2. The molecule has 3 N–H and O–H groups in total. The Kier molecular flexibility index (Phi) is 2.63. The fraction of sp³-hybridized carbons (Fsp3) is 0.500. The molecule has 0 bridgehead atoms. The van der Waals surface area contributed by atoms with Crippen LogP contribution in [0.25, 0.3) is 0 Å². The van der Waals surface area contributed by atoms with E-state index in [0.29, 0.717) is 0 Å². The van der Waals surface area contributed by atoms with Gasteiger partial charge in [-0.1, -0.05) is 0 Å². The van der Waals surface area contributed by atoms with Gasteiger partial charge in [-0.25, -0.2) is 18.1 Å². The maximum Gasteiger partial charge on any atom is 0.244 e. The summed E-state index contributed by atoms with van der Waals surface area (Å²) >= 11 is 0. The summed E-state index contributed by atoms with van der Waals surface area (Å²) in [6.45, 7) is 1.90. The van der Waals surface area contributed by atoms with Gasteiger partial charge in [0.25, 0.3) is 0 Å². The van der Waals surface area contributed by atoms with Gasteiger partial charge in [-0.05, 0) is 38.3 Å². The second-order valence-electron chi connectivity index (χ2n) is 4.41. The lowest BCUT2D eigenvalue weighted by Crippen LogP contribution is -2.50. The number of anilines is 1. The molecule has 1 aliphatic carbocycles. The van der Waals surface area contributed by atoms with Gasteiger partial charge in [-0.2, -0.15) is 0 Å². The van der Waals surface area contributed by atoms with Crippen molar-refractivity contribution >= 4 is 15.8 Å². The number of nitrogen functional groups attached to an aromatic ring is 1. The molecule has 16 heavy (non-hydrogen) atoms. The van der Waals surface area contributed by atoms with Crippen molar-refractivity contribution in [1.29, 1.82) is 0 Å². The third-order valence-electron chi connectivity index (χ3n) is 2.93. The Morgan fingerprint density at radius 3 is 2.69 bits per heavy atom. The largest absolute Gasteiger partial charge is 0.383 e. The van der Waals surface area contributed by atoms with E-state index in [9.17, 15) is 8.42 Å². The summed E-state index contributed by atoms with van der Waals surface area (Å²) in [5.74, 6) is 0.0397. The molecule has 0 atom stereocenters. The van der Waals surface area contributed by atoms with Gasteiger partial charge in [-0.15, -0.1) is 0 Å². The molecule has 1 aromatic heterocycles. The molecule has 0 spiro atoms. The summed E-state index contributed by atoms with van der Waals surface area (Å²) in [5.41, 5.74) is 5.24. The van der Waals surface area contributed by atoms with Crippen LogP contribution in [-0.4, -0.2) is 18.9 Å². The van der Waals surface area contributed by atoms with E-state index in [2.05, 4.69) is 9.71 Å². The monoisotopic (exact) mass is 241 g/mol. The number of rotatable bonds is 3. The number of nitrogens with two attached hydrogens (primary N) is 1. The molecular weight excluding hydrogens is 226 g/mol. The summed E-state index contributed by atoms with van der Waals surface area (Å²) in [6, 6.07) is 3.03. The van der Waals surface area contributed by atoms with E-state index in [1.54, 1.807) is 6.07 Å². The van der Waals surface area contributed by atoms with Crippen LogP contribution in [0.3, 0.4) is 0 Å². The maximum atomic E-state index is 12.0. The molecule has 0 aromatic carbocycles. The molecule has 1 aromatic rings. The molecule has 1 aliphatic rings. The van der Waals surface area contributed by atoms with Gasteiger partial charge in [0.15, 0.2) is 0 Å². The molecule has 88 valence electrons. The number of hydrogen-bond acceptors (Lipinski definition) is 4. The summed E-state index contributed by atoms with van der Waals surface area (Å²) in [5, 5.41) is 0. The molecule has 0 amide bonds. The molecule has 1 fully saturated rings. The van der Waals surface area contributed by atoms with Crippen LogP contribution >= 0.6 is 0 Å². The van der Waals surface area contributed by atoms with Crippen LogP contribution in [0.2, 0.25) is 0 Å².